The zero-order valence-corrected chi connectivity index (χ0v) is 11.3. The molecule has 0 unspecified atom stereocenters. The molecule has 0 spiro atoms. The number of anilines is 2. The monoisotopic (exact) mass is 282 g/mol. The Bertz CT molecular complexity index is 491. The number of aromatic nitrogens is 2. The predicted octanol–water partition coefficient (Wildman–Crippen LogP) is 0.817. The Balaban J connectivity index is 1.96. The van der Waals surface area contributed by atoms with E-state index in [1.807, 2.05) is 0 Å². The molecule has 9 nitrogen and oxygen atoms in total. The maximum atomic E-state index is 11.0. The minimum Gasteiger partial charge on any atom is -0.379 e. The summed E-state index contributed by atoms with van der Waals surface area (Å²) in [7, 11) is 0. The van der Waals surface area contributed by atoms with Crippen molar-refractivity contribution >= 4 is 17.5 Å². The molecule has 1 aromatic rings. The summed E-state index contributed by atoms with van der Waals surface area (Å²) >= 11 is 0. The topological polar surface area (TPSA) is 128 Å². The maximum Gasteiger partial charge on any atom is 0.332 e. The molecule has 4 N–H and O–H groups in total. The summed E-state index contributed by atoms with van der Waals surface area (Å²) in [6.07, 6.45) is 2.46. The van der Waals surface area contributed by atoms with Crippen molar-refractivity contribution in [2.75, 3.05) is 30.5 Å². The first-order valence-electron chi connectivity index (χ1n) is 6.43. The lowest BCUT2D eigenvalue weighted by molar-refractivity contribution is -0.385. The van der Waals surface area contributed by atoms with Gasteiger partial charge >= 0.3 is 5.69 Å². The summed E-state index contributed by atoms with van der Waals surface area (Å²) in [5.74, 6) is 6.20. The fraction of sp³-hybridized carbons (Fsp3) is 0.636. The van der Waals surface area contributed by atoms with Crippen molar-refractivity contribution < 1.29 is 9.66 Å². The number of nitrogens with two attached hydrogens (primary N) is 1. The van der Waals surface area contributed by atoms with E-state index in [9.17, 15) is 10.1 Å². The average Bonchev–Trinajstić information content (AvgIpc) is 3.21. The molecule has 20 heavy (non-hydrogen) atoms. The van der Waals surface area contributed by atoms with Crippen molar-refractivity contribution in [2.24, 2.45) is 11.8 Å². The number of nitrogens with zero attached hydrogens (tertiary/aromatic N) is 3. The second-order valence-corrected chi connectivity index (χ2v) is 4.68. The van der Waals surface area contributed by atoms with Crippen LogP contribution in [0, 0.1) is 23.0 Å². The van der Waals surface area contributed by atoms with Crippen LogP contribution in [0.25, 0.3) is 0 Å². The average molecular weight is 282 g/mol. The summed E-state index contributed by atoms with van der Waals surface area (Å²) in [5, 5.41) is 13.9. The minimum atomic E-state index is -0.511. The first kappa shape index (κ1) is 14.4. The van der Waals surface area contributed by atoms with Crippen LogP contribution in [-0.4, -0.2) is 34.6 Å². The van der Waals surface area contributed by atoms with E-state index in [-0.39, 0.29) is 23.1 Å². The van der Waals surface area contributed by atoms with Gasteiger partial charge in [0.2, 0.25) is 11.8 Å². The zero-order chi connectivity index (χ0) is 14.5. The third-order valence-electron chi connectivity index (χ3n) is 2.96. The number of nitrogens with one attached hydrogen (secondary N) is 2. The van der Waals surface area contributed by atoms with Gasteiger partial charge in [0, 0.05) is 13.2 Å². The van der Waals surface area contributed by atoms with Crippen LogP contribution in [0.5, 0.6) is 0 Å². The Kier molecular flexibility index (Phi) is 4.64. The molecular formula is C11H18N6O3. The van der Waals surface area contributed by atoms with Crippen LogP contribution >= 0.6 is 0 Å². The van der Waals surface area contributed by atoms with Crippen molar-refractivity contribution in [3.05, 3.63) is 15.8 Å². The molecule has 1 fully saturated rings. The van der Waals surface area contributed by atoms with Gasteiger partial charge in [-0.1, -0.05) is 0 Å². The Morgan fingerprint density at radius 3 is 2.85 bits per heavy atom. The molecule has 1 saturated carbocycles. The van der Waals surface area contributed by atoms with Gasteiger partial charge in [0.05, 0.1) is 11.5 Å². The number of nitrogen functional groups attached to an aromatic ring is 1. The van der Waals surface area contributed by atoms with Gasteiger partial charge < -0.3 is 10.1 Å². The normalized spacial score (nSPS) is 14.1. The van der Waals surface area contributed by atoms with Crippen molar-refractivity contribution in [2.45, 2.75) is 19.8 Å². The third kappa shape index (κ3) is 3.75. The second kappa shape index (κ2) is 6.44. The molecule has 0 saturated heterocycles. The molecular weight excluding hydrogens is 264 g/mol. The van der Waals surface area contributed by atoms with E-state index in [0.717, 1.165) is 6.61 Å². The van der Waals surface area contributed by atoms with E-state index in [1.165, 1.54) is 19.8 Å². The van der Waals surface area contributed by atoms with E-state index < -0.39 is 4.92 Å². The molecule has 0 bridgehead atoms. The van der Waals surface area contributed by atoms with Gasteiger partial charge in [-0.3, -0.25) is 15.5 Å². The number of hydrogen-bond donors (Lipinski definition) is 3. The second-order valence-electron chi connectivity index (χ2n) is 4.68. The lowest BCUT2D eigenvalue weighted by Gasteiger charge is -2.09. The highest BCUT2D eigenvalue weighted by molar-refractivity contribution is 5.60. The Labute approximate surface area is 116 Å². The quantitative estimate of drug-likeness (QED) is 0.276. The lowest BCUT2D eigenvalue weighted by Crippen LogP contribution is -2.17. The maximum absolute atomic E-state index is 11.0. The molecule has 0 atom stereocenters. The van der Waals surface area contributed by atoms with Crippen LogP contribution in [0.3, 0.4) is 0 Å². The summed E-state index contributed by atoms with van der Waals surface area (Å²) in [6, 6.07) is 0. The van der Waals surface area contributed by atoms with Crippen molar-refractivity contribution in [3.63, 3.8) is 0 Å². The standard InChI is InChI=1S/C11H18N6O3/c1-7-9(17(18)19)10(15-11(14-7)16-12)13-4-5-20-6-8-2-3-8/h8H,2-6,12H2,1H3,(H2,13,14,15,16). The number of nitro groups is 1. The Morgan fingerprint density at radius 2 is 2.25 bits per heavy atom. The zero-order valence-electron chi connectivity index (χ0n) is 11.3. The van der Waals surface area contributed by atoms with Gasteiger partial charge in [-0.15, -0.1) is 0 Å². The number of hydrazine groups is 1. The van der Waals surface area contributed by atoms with Gasteiger partial charge in [-0.05, 0) is 25.7 Å². The smallest absolute Gasteiger partial charge is 0.332 e. The highest BCUT2D eigenvalue weighted by Crippen LogP contribution is 2.29. The van der Waals surface area contributed by atoms with Gasteiger partial charge in [-0.25, -0.2) is 10.8 Å². The molecule has 0 aliphatic heterocycles. The summed E-state index contributed by atoms with van der Waals surface area (Å²) in [4.78, 5) is 18.4. The van der Waals surface area contributed by atoms with Crippen LogP contribution in [0.2, 0.25) is 0 Å². The van der Waals surface area contributed by atoms with Crippen molar-refractivity contribution in [1.82, 2.24) is 9.97 Å². The lowest BCUT2D eigenvalue weighted by atomic mass is 10.3. The van der Waals surface area contributed by atoms with Gasteiger partial charge in [-0.2, -0.15) is 4.98 Å². The summed E-state index contributed by atoms with van der Waals surface area (Å²) < 4.78 is 5.45. The molecule has 1 heterocycles. The van der Waals surface area contributed by atoms with Gasteiger partial charge in [0.25, 0.3) is 0 Å². The van der Waals surface area contributed by atoms with Gasteiger partial charge in [0.1, 0.15) is 5.69 Å². The third-order valence-corrected chi connectivity index (χ3v) is 2.96. The van der Waals surface area contributed by atoms with E-state index in [2.05, 4.69) is 20.7 Å². The van der Waals surface area contributed by atoms with Crippen LogP contribution in [0.4, 0.5) is 17.5 Å². The predicted molar refractivity (Wildman–Crippen MR) is 73.3 cm³/mol. The summed E-state index contributed by atoms with van der Waals surface area (Å²) in [5.41, 5.74) is 2.39. The highest BCUT2D eigenvalue weighted by atomic mass is 16.6. The fourth-order valence-corrected chi connectivity index (χ4v) is 1.75. The van der Waals surface area contributed by atoms with Gasteiger partial charge in [0.15, 0.2) is 0 Å². The summed E-state index contributed by atoms with van der Waals surface area (Å²) in [6.45, 7) is 3.20. The van der Waals surface area contributed by atoms with Crippen molar-refractivity contribution in [3.8, 4) is 0 Å². The molecule has 1 aliphatic rings. The molecule has 2 rings (SSSR count). The molecule has 1 aromatic heterocycles. The molecule has 0 aromatic carbocycles. The molecule has 0 amide bonds. The first-order chi connectivity index (χ1) is 9.61. The largest absolute Gasteiger partial charge is 0.379 e. The van der Waals surface area contributed by atoms with E-state index in [4.69, 9.17) is 10.6 Å². The number of aryl methyl sites for hydroxylation is 1. The van der Waals surface area contributed by atoms with E-state index in [0.29, 0.717) is 19.1 Å². The van der Waals surface area contributed by atoms with Crippen LogP contribution in [0.1, 0.15) is 18.5 Å². The number of rotatable bonds is 8. The molecule has 9 heteroatoms. The Hall–Kier alpha value is -2.00. The van der Waals surface area contributed by atoms with Crippen molar-refractivity contribution in [1.29, 1.82) is 0 Å². The molecule has 110 valence electrons. The molecule has 1 aliphatic carbocycles. The highest BCUT2D eigenvalue weighted by Gasteiger charge is 2.22. The van der Waals surface area contributed by atoms with Crippen LogP contribution in [0.15, 0.2) is 0 Å². The SMILES string of the molecule is Cc1nc(NN)nc(NCCOCC2CC2)c1[N+](=O)[O-]. The molecule has 0 radical (unpaired) electrons. The Morgan fingerprint density at radius 1 is 1.50 bits per heavy atom. The van der Waals surface area contributed by atoms with Crippen LogP contribution < -0.4 is 16.6 Å². The van der Waals surface area contributed by atoms with E-state index in [1.54, 1.807) is 0 Å². The van der Waals surface area contributed by atoms with Crippen LogP contribution in [-0.2, 0) is 4.74 Å². The number of hydrogen-bond acceptors (Lipinski definition) is 8. The fourth-order valence-electron chi connectivity index (χ4n) is 1.75. The minimum absolute atomic E-state index is 0.134. The number of ether oxygens (including phenoxy) is 1. The van der Waals surface area contributed by atoms with E-state index >= 15 is 0 Å². The first-order valence-corrected chi connectivity index (χ1v) is 6.43.